The average molecular weight is 385 g/mol. The Morgan fingerprint density at radius 3 is 2.70 bits per heavy atom. The van der Waals surface area contributed by atoms with Crippen LogP contribution in [0.15, 0.2) is 48.9 Å². The lowest BCUT2D eigenvalue weighted by atomic mass is 9.91. The third kappa shape index (κ3) is 4.65. The molecule has 0 amide bonds. The SMILES string of the molecule is CC[C@H](CC(=O)O)c1ccc(-c2cnn(C)c2)c(Nc2ccc(Cl)cn2)c1. The summed E-state index contributed by atoms with van der Waals surface area (Å²) in [5.74, 6) is -0.191. The molecule has 3 aromatic rings. The van der Waals surface area contributed by atoms with Crippen LogP contribution in [-0.4, -0.2) is 25.8 Å². The zero-order chi connectivity index (χ0) is 19.4. The number of pyridine rings is 1. The first kappa shape index (κ1) is 18.9. The topological polar surface area (TPSA) is 80.0 Å². The monoisotopic (exact) mass is 384 g/mol. The maximum absolute atomic E-state index is 11.2. The highest BCUT2D eigenvalue weighted by Crippen LogP contribution is 2.34. The molecule has 0 saturated carbocycles. The van der Waals surface area contributed by atoms with Gasteiger partial charge in [-0.2, -0.15) is 5.10 Å². The van der Waals surface area contributed by atoms with Crippen molar-refractivity contribution >= 4 is 29.1 Å². The van der Waals surface area contributed by atoms with Crippen molar-refractivity contribution in [3.8, 4) is 11.1 Å². The van der Waals surface area contributed by atoms with Crippen LogP contribution in [0.2, 0.25) is 5.02 Å². The van der Waals surface area contributed by atoms with Crippen LogP contribution in [0.5, 0.6) is 0 Å². The number of hydrogen-bond donors (Lipinski definition) is 2. The second-order valence-corrected chi connectivity index (χ2v) is 6.83. The number of carbonyl (C=O) groups is 1. The predicted octanol–water partition coefficient (Wildman–Crippen LogP) is 4.85. The van der Waals surface area contributed by atoms with Crippen molar-refractivity contribution in [1.29, 1.82) is 0 Å². The molecule has 0 saturated heterocycles. The van der Waals surface area contributed by atoms with E-state index >= 15 is 0 Å². The Balaban J connectivity index is 2.02. The second-order valence-electron chi connectivity index (χ2n) is 6.40. The molecule has 2 aromatic heterocycles. The van der Waals surface area contributed by atoms with Gasteiger partial charge in [-0.15, -0.1) is 0 Å². The van der Waals surface area contributed by atoms with E-state index in [9.17, 15) is 9.90 Å². The highest BCUT2D eigenvalue weighted by molar-refractivity contribution is 6.30. The molecule has 1 aromatic carbocycles. The Morgan fingerprint density at radius 1 is 1.30 bits per heavy atom. The van der Waals surface area contributed by atoms with Crippen LogP contribution in [0.4, 0.5) is 11.5 Å². The number of benzene rings is 1. The number of hydrogen-bond acceptors (Lipinski definition) is 4. The third-order valence-corrected chi connectivity index (χ3v) is 4.66. The molecule has 0 unspecified atom stereocenters. The molecule has 27 heavy (non-hydrogen) atoms. The summed E-state index contributed by atoms with van der Waals surface area (Å²) in [7, 11) is 1.87. The van der Waals surface area contributed by atoms with E-state index in [2.05, 4.69) is 15.4 Å². The number of aromatic nitrogens is 3. The molecule has 2 N–H and O–H groups in total. The summed E-state index contributed by atoms with van der Waals surface area (Å²) in [5, 5.41) is 17.3. The van der Waals surface area contributed by atoms with Gasteiger partial charge in [0.25, 0.3) is 0 Å². The van der Waals surface area contributed by atoms with E-state index < -0.39 is 5.97 Å². The van der Waals surface area contributed by atoms with E-state index in [0.717, 1.165) is 28.8 Å². The molecule has 1 atom stereocenters. The van der Waals surface area contributed by atoms with Crippen molar-refractivity contribution in [2.45, 2.75) is 25.7 Å². The van der Waals surface area contributed by atoms with Crippen LogP contribution in [0.3, 0.4) is 0 Å². The standard InChI is InChI=1S/C20H21ClN4O2/c1-3-13(9-20(26)27)14-4-6-17(15-10-23-25(2)12-15)18(8-14)24-19-7-5-16(21)11-22-19/h4-8,10-13H,3,9H2,1-2H3,(H,22,24)(H,26,27)/t13-/m1/s1. The van der Waals surface area contributed by atoms with Gasteiger partial charge in [-0.05, 0) is 36.1 Å². The van der Waals surface area contributed by atoms with Gasteiger partial charge >= 0.3 is 5.97 Å². The van der Waals surface area contributed by atoms with E-state index in [4.69, 9.17) is 11.6 Å². The Morgan fingerprint density at radius 2 is 2.11 bits per heavy atom. The van der Waals surface area contributed by atoms with Gasteiger partial charge in [0, 0.05) is 36.3 Å². The van der Waals surface area contributed by atoms with E-state index in [1.54, 1.807) is 29.2 Å². The molecular formula is C20H21ClN4O2. The number of nitrogens with zero attached hydrogens (tertiary/aromatic N) is 3. The summed E-state index contributed by atoms with van der Waals surface area (Å²) in [5.41, 5.74) is 3.75. The minimum atomic E-state index is -0.799. The van der Waals surface area contributed by atoms with Crippen LogP contribution in [-0.2, 0) is 11.8 Å². The number of aryl methyl sites for hydroxylation is 1. The van der Waals surface area contributed by atoms with Crippen LogP contribution < -0.4 is 5.32 Å². The number of carboxylic acids is 1. The first-order valence-electron chi connectivity index (χ1n) is 8.69. The van der Waals surface area contributed by atoms with Crippen LogP contribution in [0.1, 0.15) is 31.2 Å². The predicted molar refractivity (Wildman–Crippen MR) is 106 cm³/mol. The largest absolute Gasteiger partial charge is 0.481 e. The fourth-order valence-electron chi connectivity index (χ4n) is 3.03. The Bertz CT molecular complexity index is 937. The number of nitrogens with one attached hydrogen (secondary N) is 1. The number of anilines is 2. The zero-order valence-electron chi connectivity index (χ0n) is 15.2. The van der Waals surface area contributed by atoms with Gasteiger partial charge in [-0.25, -0.2) is 4.98 Å². The van der Waals surface area contributed by atoms with Gasteiger partial charge in [-0.3, -0.25) is 9.48 Å². The Kier molecular flexibility index (Phi) is 5.76. The molecule has 3 rings (SSSR count). The van der Waals surface area contributed by atoms with Gasteiger partial charge in [0.2, 0.25) is 0 Å². The molecule has 0 radical (unpaired) electrons. The van der Waals surface area contributed by atoms with Crippen molar-refractivity contribution in [2.75, 3.05) is 5.32 Å². The summed E-state index contributed by atoms with van der Waals surface area (Å²) in [6, 6.07) is 9.55. The van der Waals surface area contributed by atoms with Gasteiger partial charge in [-0.1, -0.05) is 30.7 Å². The van der Waals surface area contributed by atoms with Crippen LogP contribution in [0.25, 0.3) is 11.1 Å². The normalized spacial score (nSPS) is 12.0. The first-order chi connectivity index (χ1) is 13.0. The Labute approximate surface area is 162 Å². The van der Waals surface area contributed by atoms with Crippen molar-refractivity contribution in [3.63, 3.8) is 0 Å². The lowest BCUT2D eigenvalue weighted by Gasteiger charge is -2.17. The van der Waals surface area contributed by atoms with Crippen LogP contribution in [0, 0.1) is 0 Å². The van der Waals surface area contributed by atoms with Gasteiger partial charge < -0.3 is 10.4 Å². The van der Waals surface area contributed by atoms with Crippen LogP contribution >= 0.6 is 11.6 Å². The lowest BCUT2D eigenvalue weighted by molar-refractivity contribution is -0.137. The second kappa shape index (κ2) is 8.22. The Hall–Kier alpha value is -2.86. The summed E-state index contributed by atoms with van der Waals surface area (Å²) in [6.45, 7) is 2.00. The van der Waals surface area contributed by atoms with E-state index in [1.165, 1.54) is 0 Å². The molecule has 0 aliphatic heterocycles. The molecule has 6 nitrogen and oxygen atoms in total. The maximum atomic E-state index is 11.2. The lowest BCUT2D eigenvalue weighted by Crippen LogP contribution is -2.06. The van der Waals surface area contributed by atoms with Crippen molar-refractivity contribution in [3.05, 3.63) is 59.5 Å². The molecule has 0 aliphatic rings. The van der Waals surface area contributed by atoms with Crippen molar-refractivity contribution < 1.29 is 9.90 Å². The number of halogens is 1. The van der Waals surface area contributed by atoms with E-state index in [-0.39, 0.29) is 12.3 Å². The van der Waals surface area contributed by atoms with Gasteiger partial charge in [0.05, 0.1) is 17.6 Å². The maximum Gasteiger partial charge on any atom is 0.303 e. The smallest absolute Gasteiger partial charge is 0.303 e. The number of rotatable bonds is 7. The average Bonchev–Trinajstić information content (AvgIpc) is 3.07. The van der Waals surface area contributed by atoms with Gasteiger partial charge in [0.1, 0.15) is 5.82 Å². The molecule has 7 heteroatoms. The van der Waals surface area contributed by atoms with Gasteiger partial charge in [0.15, 0.2) is 0 Å². The zero-order valence-corrected chi connectivity index (χ0v) is 15.9. The fourth-order valence-corrected chi connectivity index (χ4v) is 3.14. The number of aliphatic carboxylic acids is 1. The molecule has 2 heterocycles. The van der Waals surface area contributed by atoms with E-state index in [0.29, 0.717) is 10.8 Å². The summed E-state index contributed by atoms with van der Waals surface area (Å²) in [4.78, 5) is 15.5. The summed E-state index contributed by atoms with van der Waals surface area (Å²) in [6.07, 6.45) is 6.16. The summed E-state index contributed by atoms with van der Waals surface area (Å²) < 4.78 is 1.74. The minimum absolute atomic E-state index is 0.0517. The molecule has 0 aliphatic carbocycles. The van der Waals surface area contributed by atoms with Crippen molar-refractivity contribution in [2.24, 2.45) is 7.05 Å². The molecule has 0 bridgehead atoms. The molecule has 0 spiro atoms. The van der Waals surface area contributed by atoms with E-state index in [1.807, 2.05) is 38.4 Å². The molecular weight excluding hydrogens is 364 g/mol. The first-order valence-corrected chi connectivity index (χ1v) is 9.07. The minimum Gasteiger partial charge on any atom is -0.481 e. The molecule has 0 fully saturated rings. The number of carboxylic acid groups (broad SMARTS) is 1. The summed E-state index contributed by atoms with van der Waals surface area (Å²) >= 11 is 5.92. The quantitative estimate of drug-likeness (QED) is 0.608. The third-order valence-electron chi connectivity index (χ3n) is 4.43. The fraction of sp³-hybridized carbons (Fsp3) is 0.250. The highest BCUT2D eigenvalue weighted by Gasteiger charge is 2.17. The molecule has 140 valence electrons. The van der Waals surface area contributed by atoms with Crippen molar-refractivity contribution in [1.82, 2.24) is 14.8 Å². The highest BCUT2D eigenvalue weighted by atomic mass is 35.5.